The van der Waals surface area contributed by atoms with Crippen LogP contribution in [-0.2, 0) is 11.4 Å². The van der Waals surface area contributed by atoms with Crippen LogP contribution in [0, 0.1) is 6.57 Å². The van der Waals surface area contributed by atoms with E-state index in [1.807, 2.05) is 41.3 Å². The predicted molar refractivity (Wildman–Crippen MR) is 117 cm³/mol. The van der Waals surface area contributed by atoms with Crippen molar-refractivity contribution in [1.29, 1.82) is 0 Å². The molecule has 2 aromatic carbocycles. The SMILES string of the molecule is [C-]#[N+]c1ccc(COc2ccc(C3C[C@@H]3NCC(=O)N3CCN(C)CC3)cc2)cc1. The van der Waals surface area contributed by atoms with Crippen molar-refractivity contribution in [1.82, 2.24) is 15.1 Å². The van der Waals surface area contributed by atoms with Crippen LogP contribution in [0.2, 0.25) is 0 Å². The van der Waals surface area contributed by atoms with Crippen molar-refractivity contribution >= 4 is 11.6 Å². The zero-order valence-electron chi connectivity index (χ0n) is 17.4. The summed E-state index contributed by atoms with van der Waals surface area (Å²) in [7, 11) is 2.10. The molecule has 156 valence electrons. The maximum Gasteiger partial charge on any atom is 0.236 e. The number of benzene rings is 2. The van der Waals surface area contributed by atoms with Crippen LogP contribution in [0.25, 0.3) is 4.85 Å². The highest BCUT2D eigenvalue weighted by Gasteiger charge is 2.38. The third kappa shape index (κ3) is 5.18. The van der Waals surface area contributed by atoms with E-state index in [0.717, 1.165) is 43.9 Å². The fourth-order valence-electron chi connectivity index (χ4n) is 3.82. The first-order valence-electron chi connectivity index (χ1n) is 10.5. The fraction of sp³-hybridized carbons (Fsp3) is 0.417. The van der Waals surface area contributed by atoms with Crippen LogP contribution in [-0.4, -0.2) is 61.5 Å². The van der Waals surface area contributed by atoms with Crippen LogP contribution < -0.4 is 10.1 Å². The number of carbonyl (C=O) groups is 1. The predicted octanol–water partition coefficient (Wildman–Crippen LogP) is 3.04. The summed E-state index contributed by atoms with van der Waals surface area (Å²) in [6.07, 6.45) is 1.07. The molecule has 0 bridgehead atoms. The van der Waals surface area contributed by atoms with Gasteiger partial charge in [-0.15, -0.1) is 0 Å². The van der Waals surface area contributed by atoms with Crippen LogP contribution in [0.4, 0.5) is 5.69 Å². The van der Waals surface area contributed by atoms with Crippen LogP contribution in [0.3, 0.4) is 0 Å². The molecule has 2 atom stereocenters. The normalized spacial score (nSPS) is 21.1. The Kier molecular flexibility index (Phi) is 6.32. The van der Waals surface area contributed by atoms with Gasteiger partial charge in [0.1, 0.15) is 12.4 Å². The first-order valence-corrected chi connectivity index (χ1v) is 10.5. The lowest BCUT2D eigenvalue weighted by molar-refractivity contribution is -0.131. The second-order valence-electron chi connectivity index (χ2n) is 8.15. The number of hydrogen-bond donors (Lipinski definition) is 1. The monoisotopic (exact) mass is 404 g/mol. The van der Waals surface area contributed by atoms with Gasteiger partial charge in [-0.3, -0.25) is 4.79 Å². The zero-order valence-corrected chi connectivity index (χ0v) is 17.4. The van der Waals surface area contributed by atoms with Crippen LogP contribution >= 0.6 is 0 Å². The molecule has 0 spiro atoms. The fourth-order valence-corrected chi connectivity index (χ4v) is 3.82. The van der Waals surface area contributed by atoms with E-state index in [2.05, 4.69) is 34.2 Å². The Balaban J connectivity index is 1.20. The van der Waals surface area contributed by atoms with E-state index < -0.39 is 0 Å². The van der Waals surface area contributed by atoms with Gasteiger partial charge in [-0.05, 0) is 36.7 Å². The van der Waals surface area contributed by atoms with E-state index in [0.29, 0.717) is 30.8 Å². The molecule has 1 heterocycles. The number of hydrogen-bond acceptors (Lipinski definition) is 4. The van der Waals surface area contributed by atoms with Crippen molar-refractivity contribution in [2.24, 2.45) is 0 Å². The first kappa shape index (κ1) is 20.4. The molecule has 0 aromatic heterocycles. The summed E-state index contributed by atoms with van der Waals surface area (Å²) < 4.78 is 5.85. The lowest BCUT2D eigenvalue weighted by Crippen LogP contribution is -2.49. The number of piperazine rings is 1. The van der Waals surface area contributed by atoms with Gasteiger partial charge in [0.25, 0.3) is 0 Å². The van der Waals surface area contributed by atoms with E-state index in [4.69, 9.17) is 11.3 Å². The maximum atomic E-state index is 12.4. The summed E-state index contributed by atoms with van der Waals surface area (Å²) in [6.45, 7) is 11.5. The molecule has 1 unspecified atom stereocenters. The summed E-state index contributed by atoms with van der Waals surface area (Å²) >= 11 is 0. The first-order chi connectivity index (χ1) is 14.6. The largest absolute Gasteiger partial charge is 0.489 e. The molecular weight excluding hydrogens is 376 g/mol. The number of amides is 1. The Morgan fingerprint density at radius 1 is 1.10 bits per heavy atom. The summed E-state index contributed by atoms with van der Waals surface area (Å²) in [5, 5.41) is 3.43. The minimum absolute atomic E-state index is 0.210. The molecule has 1 aliphatic carbocycles. The number of carbonyl (C=O) groups excluding carboxylic acids is 1. The second-order valence-corrected chi connectivity index (χ2v) is 8.15. The Morgan fingerprint density at radius 3 is 2.47 bits per heavy atom. The maximum absolute atomic E-state index is 12.4. The van der Waals surface area contributed by atoms with Crippen molar-refractivity contribution in [3.05, 3.63) is 71.1 Å². The topological polar surface area (TPSA) is 49.2 Å². The highest BCUT2D eigenvalue weighted by Crippen LogP contribution is 2.41. The molecule has 1 N–H and O–H groups in total. The van der Waals surface area contributed by atoms with Crippen molar-refractivity contribution < 1.29 is 9.53 Å². The summed E-state index contributed by atoms with van der Waals surface area (Å²) in [4.78, 5) is 20.0. The van der Waals surface area contributed by atoms with Gasteiger partial charge in [0, 0.05) is 38.1 Å². The van der Waals surface area contributed by atoms with Gasteiger partial charge in [0.15, 0.2) is 5.69 Å². The van der Waals surface area contributed by atoms with E-state index in [1.54, 1.807) is 0 Å². The number of ether oxygens (including phenoxy) is 1. The Labute approximate surface area is 178 Å². The molecule has 1 amide bonds. The van der Waals surface area contributed by atoms with E-state index in [-0.39, 0.29) is 5.91 Å². The van der Waals surface area contributed by atoms with Gasteiger partial charge < -0.3 is 19.9 Å². The van der Waals surface area contributed by atoms with Gasteiger partial charge in [-0.25, -0.2) is 4.85 Å². The number of nitrogens with one attached hydrogen (secondary N) is 1. The molecule has 6 heteroatoms. The lowest BCUT2D eigenvalue weighted by atomic mass is 10.1. The van der Waals surface area contributed by atoms with E-state index in [9.17, 15) is 4.79 Å². The number of likely N-dealkylation sites (N-methyl/N-ethyl adjacent to an activating group) is 1. The van der Waals surface area contributed by atoms with Gasteiger partial charge in [0.2, 0.25) is 5.91 Å². The second kappa shape index (κ2) is 9.29. The minimum atomic E-state index is 0.210. The van der Waals surface area contributed by atoms with Gasteiger partial charge in [0.05, 0.1) is 13.1 Å². The van der Waals surface area contributed by atoms with E-state index >= 15 is 0 Å². The van der Waals surface area contributed by atoms with Gasteiger partial charge in [-0.1, -0.05) is 36.4 Å². The van der Waals surface area contributed by atoms with E-state index in [1.165, 1.54) is 5.56 Å². The van der Waals surface area contributed by atoms with Crippen LogP contribution in [0.15, 0.2) is 48.5 Å². The van der Waals surface area contributed by atoms with Crippen molar-refractivity contribution in [3.8, 4) is 5.75 Å². The average Bonchev–Trinajstić information content (AvgIpc) is 3.57. The highest BCUT2D eigenvalue weighted by atomic mass is 16.5. The molecule has 30 heavy (non-hydrogen) atoms. The Morgan fingerprint density at radius 2 is 1.80 bits per heavy atom. The highest BCUT2D eigenvalue weighted by molar-refractivity contribution is 5.78. The van der Waals surface area contributed by atoms with Gasteiger partial charge in [-0.2, -0.15) is 0 Å². The number of rotatable bonds is 7. The smallest absolute Gasteiger partial charge is 0.236 e. The molecule has 1 aliphatic heterocycles. The quantitative estimate of drug-likeness (QED) is 0.721. The van der Waals surface area contributed by atoms with Crippen molar-refractivity contribution in [3.63, 3.8) is 0 Å². The summed E-state index contributed by atoms with van der Waals surface area (Å²) in [6, 6.07) is 16.1. The minimum Gasteiger partial charge on any atom is -0.489 e. The molecular formula is C24H28N4O2. The molecule has 2 aromatic rings. The van der Waals surface area contributed by atoms with Crippen molar-refractivity contribution in [2.75, 3.05) is 39.8 Å². The lowest BCUT2D eigenvalue weighted by Gasteiger charge is -2.32. The average molecular weight is 405 g/mol. The molecule has 4 rings (SSSR count). The standard InChI is InChI=1S/C24H28N4O2/c1-25-20-7-3-18(4-8-20)17-30-21-9-5-19(6-10-21)22-15-23(22)26-16-24(29)28-13-11-27(2)12-14-28/h3-10,22-23,26H,11-17H2,2H3/t22?,23-/m0/s1. The third-order valence-electron chi connectivity index (χ3n) is 5.94. The molecule has 2 fully saturated rings. The molecule has 6 nitrogen and oxygen atoms in total. The third-order valence-corrected chi connectivity index (χ3v) is 5.94. The molecule has 0 radical (unpaired) electrons. The molecule has 1 saturated carbocycles. The summed E-state index contributed by atoms with van der Waals surface area (Å²) in [5.74, 6) is 1.52. The van der Waals surface area contributed by atoms with Crippen molar-refractivity contribution in [2.45, 2.75) is 25.0 Å². The van der Waals surface area contributed by atoms with Crippen LogP contribution in [0.5, 0.6) is 5.75 Å². The van der Waals surface area contributed by atoms with Crippen LogP contribution in [0.1, 0.15) is 23.5 Å². The summed E-state index contributed by atoms with van der Waals surface area (Å²) in [5.41, 5.74) is 2.97. The Hall–Kier alpha value is -2.88. The number of nitrogens with zero attached hydrogens (tertiary/aromatic N) is 3. The molecule has 1 saturated heterocycles. The van der Waals surface area contributed by atoms with Gasteiger partial charge >= 0.3 is 0 Å². The molecule has 2 aliphatic rings. The zero-order chi connectivity index (χ0) is 20.9. The Bertz CT molecular complexity index is 896.